The molecule has 2 heterocycles. The fraction of sp³-hybridized carbons (Fsp3) is 0.222. The van der Waals surface area contributed by atoms with Gasteiger partial charge in [0, 0.05) is 13.2 Å². The number of aryl methyl sites for hydroxylation is 2. The minimum Gasteiger partial charge on any atom is -0.336 e. The van der Waals surface area contributed by atoms with Crippen LogP contribution in [-0.2, 0) is 7.05 Å². The van der Waals surface area contributed by atoms with Crippen LogP contribution in [0.2, 0.25) is 5.15 Å². The Morgan fingerprint density at radius 2 is 2.19 bits per heavy atom. The average Bonchev–Trinajstić information content (AvgIpc) is 2.53. The lowest BCUT2D eigenvalue weighted by molar-refractivity contribution is 0.756. The zero-order valence-corrected chi connectivity index (χ0v) is 11.0. The van der Waals surface area contributed by atoms with Crippen LogP contribution in [0.25, 0.3) is 0 Å². The lowest BCUT2D eigenvalue weighted by Crippen LogP contribution is -1.96. The molecule has 0 aliphatic heterocycles. The van der Waals surface area contributed by atoms with Crippen molar-refractivity contribution in [2.45, 2.75) is 6.92 Å². The smallest absolute Gasteiger partial charge is 0.149 e. The van der Waals surface area contributed by atoms with Crippen molar-refractivity contribution in [3.63, 3.8) is 0 Å². The van der Waals surface area contributed by atoms with Gasteiger partial charge in [-0.15, -0.1) is 0 Å². The molecule has 2 aromatic rings. The van der Waals surface area contributed by atoms with Crippen LogP contribution in [0.3, 0.4) is 0 Å². The van der Waals surface area contributed by atoms with E-state index in [9.17, 15) is 0 Å². The van der Waals surface area contributed by atoms with Crippen molar-refractivity contribution in [3.8, 4) is 0 Å². The minimum absolute atomic E-state index is 0.374. The third-order valence-corrected chi connectivity index (χ3v) is 3.28. The van der Waals surface area contributed by atoms with Crippen LogP contribution in [0.1, 0.15) is 5.69 Å². The maximum Gasteiger partial charge on any atom is 0.149 e. The van der Waals surface area contributed by atoms with Crippen LogP contribution in [0.15, 0.2) is 17.0 Å². The van der Waals surface area contributed by atoms with E-state index in [0.717, 1.165) is 11.4 Å². The van der Waals surface area contributed by atoms with Gasteiger partial charge in [0.25, 0.3) is 0 Å². The van der Waals surface area contributed by atoms with Gasteiger partial charge in [0.2, 0.25) is 0 Å². The van der Waals surface area contributed by atoms with Gasteiger partial charge in [-0.25, -0.2) is 9.97 Å². The van der Waals surface area contributed by atoms with E-state index >= 15 is 0 Å². The molecule has 0 unspecified atom stereocenters. The third kappa shape index (κ3) is 2.17. The Kier molecular flexibility index (Phi) is 3.11. The molecule has 5 nitrogen and oxygen atoms in total. The van der Waals surface area contributed by atoms with Crippen molar-refractivity contribution in [1.29, 1.82) is 0 Å². The molecule has 0 saturated heterocycles. The highest BCUT2D eigenvalue weighted by Gasteiger charge is 2.09. The molecule has 0 saturated carbocycles. The first kappa shape index (κ1) is 11.3. The van der Waals surface area contributed by atoms with Gasteiger partial charge in [-0.05, 0) is 22.9 Å². The highest BCUT2D eigenvalue weighted by Crippen LogP contribution is 2.29. The molecule has 84 valence electrons. The van der Waals surface area contributed by atoms with Crippen molar-refractivity contribution in [3.05, 3.63) is 27.8 Å². The number of anilines is 2. The summed E-state index contributed by atoms with van der Waals surface area (Å²) in [7, 11) is 1.86. The third-order valence-electron chi connectivity index (χ3n) is 2.01. The summed E-state index contributed by atoms with van der Waals surface area (Å²) in [5.41, 5.74) is 1.78. The molecule has 0 bridgehead atoms. The van der Waals surface area contributed by atoms with Crippen molar-refractivity contribution in [2.75, 3.05) is 5.32 Å². The van der Waals surface area contributed by atoms with E-state index in [1.165, 1.54) is 6.33 Å². The normalized spacial score (nSPS) is 10.5. The number of halogens is 2. The maximum absolute atomic E-state index is 5.87. The molecule has 1 N–H and O–H groups in total. The summed E-state index contributed by atoms with van der Waals surface area (Å²) in [6, 6.07) is 0. The molecule has 0 atom stereocenters. The predicted octanol–water partition coefficient (Wildman–Crippen LogP) is 2.68. The fourth-order valence-corrected chi connectivity index (χ4v) is 1.72. The summed E-state index contributed by atoms with van der Waals surface area (Å²) < 4.78 is 2.37. The minimum atomic E-state index is 0.374. The molecule has 0 aromatic carbocycles. The number of aromatic nitrogens is 4. The molecule has 2 aromatic heterocycles. The van der Waals surface area contributed by atoms with Gasteiger partial charge in [0.15, 0.2) is 0 Å². The first-order valence-electron chi connectivity index (χ1n) is 4.51. The second-order valence-corrected chi connectivity index (χ2v) is 4.40. The summed E-state index contributed by atoms with van der Waals surface area (Å²) in [4.78, 5) is 7.95. The number of nitrogens with one attached hydrogen (secondary N) is 1. The summed E-state index contributed by atoms with van der Waals surface area (Å²) in [5.74, 6) is 0.621. The van der Waals surface area contributed by atoms with E-state index in [1.54, 1.807) is 4.68 Å². The Balaban J connectivity index is 2.34. The summed E-state index contributed by atoms with van der Waals surface area (Å²) >= 11 is 9.19. The zero-order valence-electron chi connectivity index (χ0n) is 8.70. The second kappa shape index (κ2) is 4.39. The Bertz CT molecular complexity index is 525. The average molecular weight is 303 g/mol. The van der Waals surface area contributed by atoms with Gasteiger partial charge < -0.3 is 5.32 Å². The molecule has 16 heavy (non-hydrogen) atoms. The standard InChI is InChI=1S/C9H9BrClN5/c1-5-6(3-16(2)15-5)14-9-7(10)8(11)12-4-13-9/h3-4H,1-2H3,(H,12,13,14). The van der Waals surface area contributed by atoms with Gasteiger partial charge in [-0.3, -0.25) is 4.68 Å². The van der Waals surface area contributed by atoms with Crippen LogP contribution in [0.4, 0.5) is 11.5 Å². The van der Waals surface area contributed by atoms with E-state index in [4.69, 9.17) is 11.6 Å². The van der Waals surface area contributed by atoms with Crippen molar-refractivity contribution < 1.29 is 0 Å². The van der Waals surface area contributed by atoms with Gasteiger partial charge in [-0.1, -0.05) is 11.6 Å². The molecular formula is C9H9BrClN5. The molecule has 7 heteroatoms. The number of hydrogen-bond donors (Lipinski definition) is 1. The molecule has 0 spiro atoms. The van der Waals surface area contributed by atoms with E-state index in [2.05, 4.69) is 36.3 Å². The number of hydrogen-bond acceptors (Lipinski definition) is 4. The van der Waals surface area contributed by atoms with Gasteiger partial charge >= 0.3 is 0 Å². The van der Waals surface area contributed by atoms with Crippen molar-refractivity contribution in [1.82, 2.24) is 19.7 Å². The SMILES string of the molecule is Cc1nn(C)cc1Nc1ncnc(Cl)c1Br. The van der Waals surface area contributed by atoms with Crippen LogP contribution in [-0.4, -0.2) is 19.7 Å². The quantitative estimate of drug-likeness (QED) is 0.867. The van der Waals surface area contributed by atoms with E-state index in [1.807, 2.05) is 20.2 Å². The highest BCUT2D eigenvalue weighted by molar-refractivity contribution is 9.10. The van der Waals surface area contributed by atoms with E-state index < -0.39 is 0 Å². The van der Waals surface area contributed by atoms with Crippen molar-refractivity contribution >= 4 is 39.0 Å². The van der Waals surface area contributed by atoms with Crippen LogP contribution >= 0.6 is 27.5 Å². The second-order valence-electron chi connectivity index (χ2n) is 3.25. The number of rotatable bonds is 2. The van der Waals surface area contributed by atoms with Crippen LogP contribution in [0, 0.1) is 6.92 Å². The highest BCUT2D eigenvalue weighted by atomic mass is 79.9. The van der Waals surface area contributed by atoms with Gasteiger partial charge in [-0.2, -0.15) is 5.10 Å². The Morgan fingerprint density at radius 1 is 1.44 bits per heavy atom. The predicted molar refractivity (Wildman–Crippen MR) is 66.0 cm³/mol. The molecule has 0 amide bonds. The Morgan fingerprint density at radius 3 is 2.81 bits per heavy atom. The van der Waals surface area contributed by atoms with Crippen molar-refractivity contribution in [2.24, 2.45) is 7.05 Å². The molecular weight excluding hydrogens is 293 g/mol. The molecule has 0 aliphatic rings. The zero-order chi connectivity index (χ0) is 11.7. The maximum atomic E-state index is 5.87. The molecule has 0 aliphatic carbocycles. The number of nitrogens with zero attached hydrogens (tertiary/aromatic N) is 4. The molecule has 0 radical (unpaired) electrons. The molecule has 2 rings (SSSR count). The first-order valence-corrected chi connectivity index (χ1v) is 5.68. The van der Waals surface area contributed by atoms with E-state index in [0.29, 0.717) is 15.4 Å². The topological polar surface area (TPSA) is 55.6 Å². The monoisotopic (exact) mass is 301 g/mol. The Hall–Kier alpha value is -1.14. The first-order chi connectivity index (χ1) is 7.58. The lowest BCUT2D eigenvalue weighted by atomic mass is 10.4. The lowest BCUT2D eigenvalue weighted by Gasteiger charge is -2.05. The fourth-order valence-electron chi connectivity index (χ4n) is 1.29. The molecule has 0 fully saturated rings. The van der Waals surface area contributed by atoms with Gasteiger partial charge in [0.1, 0.15) is 17.3 Å². The van der Waals surface area contributed by atoms with E-state index in [-0.39, 0.29) is 0 Å². The summed E-state index contributed by atoms with van der Waals surface area (Å²) in [5, 5.41) is 7.73. The summed E-state index contributed by atoms with van der Waals surface area (Å²) in [6.07, 6.45) is 3.28. The van der Waals surface area contributed by atoms with Crippen LogP contribution < -0.4 is 5.32 Å². The van der Waals surface area contributed by atoms with Gasteiger partial charge in [0.05, 0.1) is 15.9 Å². The van der Waals surface area contributed by atoms with Crippen LogP contribution in [0.5, 0.6) is 0 Å². The summed E-state index contributed by atoms with van der Waals surface area (Å²) in [6.45, 7) is 1.92. The Labute approximate surface area is 106 Å². The largest absolute Gasteiger partial charge is 0.336 e.